The minimum atomic E-state index is 0.573. The second-order valence-corrected chi connectivity index (χ2v) is 7.75. The first-order valence-electron chi connectivity index (χ1n) is 8.49. The Morgan fingerprint density at radius 3 is 2.47 bits per heavy atom. The maximum atomic E-state index is 3.82. The summed E-state index contributed by atoms with van der Waals surface area (Å²) < 4.78 is 0. The topological polar surface area (TPSA) is 15.3 Å². The van der Waals surface area contributed by atoms with E-state index in [0.29, 0.717) is 5.41 Å². The van der Waals surface area contributed by atoms with Gasteiger partial charge in [-0.1, -0.05) is 27.7 Å². The second-order valence-electron chi connectivity index (χ2n) is 7.75. The van der Waals surface area contributed by atoms with Crippen LogP contribution < -0.4 is 5.32 Å². The molecule has 0 aromatic carbocycles. The zero-order valence-corrected chi connectivity index (χ0v) is 13.5. The smallest absolute Gasteiger partial charge is 0.0251 e. The van der Waals surface area contributed by atoms with Crippen LogP contribution in [0, 0.1) is 11.3 Å². The lowest BCUT2D eigenvalue weighted by Gasteiger charge is -2.47. The molecule has 2 fully saturated rings. The molecule has 1 saturated heterocycles. The van der Waals surface area contributed by atoms with Crippen LogP contribution in [-0.4, -0.2) is 36.6 Å². The fourth-order valence-electron chi connectivity index (χ4n) is 3.78. The maximum absolute atomic E-state index is 3.82. The number of hydrogen-bond acceptors (Lipinski definition) is 2. The lowest BCUT2D eigenvalue weighted by molar-refractivity contribution is 0.0471. The molecule has 0 aromatic heterocycles. The van der Waals surface area contributed by atoms with Crippen LogP contribution in [0.2, 0.25) is 0 Å². The molecule has 0 aromatic rings. The number of hydrogen-bond donors (Lipinski definition) is 1. The Morgan fingerprint density at radius 1 is 1.16 bits per heavy atom. The summed E-state index contributed by atoms with van der Waals surface area (Å²) in [4.78, 5) is 2.80. The largest absolute Gasteiger partial charge is 0.312 e. The summed E-state index contributed by atoms with van der Waals surface area (Å²) >= 11 is 0. The first-order valence-corrected chi connectivity index (χ1v) is 8.49. The van der Waals surface area contributed by atoms with Crippen molar-refractivity contribution in [1.29, 1.82) is 0 Å². The molecule has 19 heavy (non-hydrogen) atoms. The molecule has 2 heteroatoms. The van der Waals surface area contributed by atoms with E-state index in [1.54, 1.807) is 0 Å². The Balaban J connectivity index is 1.93. The van der Waals surface area contributed by atoms with Gasteiger partial charge in [0.1, 0.15) is 0 Å². The van der Waals surface area contributed by atoms with Crippen molar-refractivity contribution in [3.63, 3.8) is 0 Å². The molecule has 1 saturated carbocycles. The van der Waals surface area contributed by atoms with Crippen LogP contribution in [0.1, 0.15) is 66.2 Å². The van der Waals surface area contributed by atoms with Gasteiger partial charge in [-0.25, -0.2) is 0 Å². The molecule has 2 nitrogen and oxygen atoms in total. The maximum Gasteiger partial charge on any atom is 0.0251 e. The number of rotatable bonds is 4. The van der Waals surface area contributed by atoms with Gasteiger partial charge in [0.15, 0.2) is 0 Å². The molecule has 2 aliphatic rings. The van der Waals surface area contributed by atoms with Crippen molar-refractivity contribution in [3.8, 4) is 0 Å². The van der Waals surface area contributed by atoms with E-state index < -0.39 is 0 Å². The average Bonchev–Trinajstić information content (AvgIpc) is 2.37. The fraction of sp³-hybridized carbons (Fsp3) is 1.00. The number of piperidine rings is 1. The third-order valence-electron chi connectivity index (χ3n) is 5.36. The fourth-order valence-corrected chi connectivity index (χ4v) is 3.78. The van der Waals surface area contributed by atoms with E-state index in [1.165, 1.54) is 58.2 Å². The Labute approximate surface area is 120 Å². The summed E-state index contributed by atoms with van der Waals surface area (Å²) in [6.07, 6.45) is 8.20. The van der Waals surface area contributed by atoms with Crippen LogP contribution in [0.5, 0.6) is 0 Å². The summed E-state index contributed by atoms with van der Waals surface area (Å²) in [5.74, 6) is 0.916. The van der Waals surface area contributed by atoms with Crippen LogP contribution in [0.25, 0.3) is 0 Å². The summed E-state index contributed by atoms with van der Waals surface area (Å²) in [7, 11) is 0. The van der Waals surface area contributed by atoms with E-state index in [0.717, 1.165) is 18.0 Å². The molecular formula is C17H34N2. The van der Waals surface area contributed by atoms with E-state index in [-0.39, 0.29) is 0 Å². The lowest BCUT2D eigenvalue weighted by Crippen LogP contribution is -2.55. The van der Waals surface area contributed by atoms with E-state index in [9.17, 15) is 0 Å². The number of nitrogens with zero attached hydrogens (tertiary/aromatic N) is 1. The van der Waals surface area contributed by atoms with Crippen molar-refractivity contribution in [2.75, 3.05) is 19.6 Å². The molecule has 112 valence electrons. The van der Waals surface area contributed by atoms with E-state index in [1.807, 2.05) is 0 Å². The molecule has 2 rings (SSSR count). The van der Waals surface area contributed by atoms with E-state index in [2.05, 4.69) is 37.9 Å². The van der Waals surface area contributed by atoms with Gasteiger partial charge >= 0.3 is 0 Å². The van der Waals surface area contributed by atoms with Crippen molar-refractivity contribution in [2.24, 2.45) is 11.3 Å². The standard InChI is InChI=1S/C17H34N2/c1-5-10-18-15-7-6-14(2)13-16(15)19-11-8-17(3,4)9-12-19/h14-16,18H,5-13H2,1-4H3. The third kappa shape index (κ3) is 4.19. The Morgan fingerprint density at radius 2 is 1.84 bits per heavy atom. The summed E-state index contributed by atoms with van der Waals surface area (Å²) in [5.41, 5.74) is 0.573. The Kier molecular flexibility index (Phi) is 5.30. The molecule has 1 heterocycles. The molecule has 1 aliphatic carbocycles. The minimum Gasteiger partial charge on any atom is -0.312 e. The number of likely N-dealkylation sites (tertiary alicyclic amines) is 1. The van der Waals surface area contributed by atoms with Gasteiger partial charge < -0.3 is 5.32 Å². The average molecular weight is 266 g/mol. The summed E-state index contributed by atoms with van der Waals surface area (Å²) in [6.45, 7) is 13.4. The van der Waals surface area contributed by atoms with Crippen molar-refractivity contribution in [2.45, 2.75) is 78.3 Å². The van der Waals surface area contributed by atoms with Gasteiger partial charge in [0, 0.05) is 12.1 Å². The van der Waals surface area contributed by atoms with Gasteiger partial charge in [0.25, 0.3) is 0 Å². The third-order valence-corrected chi connectivity index (χ3v) is 5.36. The molecule has 3 unspecified atom stereocenters. The quantitative estimate of drug-likeness (QED) is 0.835. The zero-order valence-electron chi connectivity index (χ0n) is 13.5. The van der Waals surface area contributed by atoms with E-state index in [4.69, 9.17) is 0 Å². The molecular weight excluding hydrogens is 232 g/mol. The second kappa shape index (κ2) is 6.58. The van der Waals surface area contributed by atoms with E-state index >= 15 is 0 Å². The highest BCUT2D eigenvalue weighted by Gasteiger charge is 2.35. The van der Waals surface area contributed by atoms with Crippen LogP contribution >= 0.6 is 0 Å². The molecule has 1 aliphatic heterocycles. The van der Waals surface area contributed by atoms with Crippen molar-refractivity contribution in [3.05, 3.63) is 0 Å². The van der Waals surface area contributed by atoms with Crippen LogP contribution in [0.4, 0.5) is 0 Å². The highest BCUT2D eigenvalue weighted by Crippen LogP contribution is 2.34. The molecule has 0 amide bonds. The normalized spacial score (nSPS) is 36.3. The van der Waals surface area contributed by atoms with Gasteiger partial charge in [0.05, 0.1) is 0 Å². The molecule has 3 atom stereocenters. The first kappa shape index (κ1) is 15.3. The SMILES string of the molecule is CCCNC1CCC(C)CC1N1CCC(C)(C)CC1. The van der Waals surface area contributed by atoms with Gasteiger partial charge in [-0.3, -0.25) is 4.90 Å². The molecule has 0 spiro atoms. The van der Waals surface area contributed by atoms with Crippen molar-refractivity contribution < 1.29 is 0 Å². The monoisotopic (exact) mass is 266 g/mol. The Bertz CT molecular complexity index is 262. The minimum absolute atomic E-state index is 0.573. The van der Waals surface area contributed by atoms with Gasteiger partial charge in [0.2, 0.25) is 0 Å². The Hall–Kier alpha value is -0.0800. The van der Waals surface area contributed by atoms with Gasteiger partial charge in [-0.05, 0) is 69.5 Å². The van der Waals surface area contributed by atoms with Crippen LogP contribution in [-0.2, 0) is 0 Å². The molecule has 0 radical (unpaired) electrons. The summed E-state index contributed by atoms with van der Waals surface area (Å²) in [5, 5.41) is 3.82. The lowest BCUT2D eigenvalue weighted by atomic mass is 9.78. The predicted molar refractivity (Wildman–Crippen MR) is 83.5 cm³/mol. The summed E-state index contributed by atoms with van der Waals surface area (Å²) in [6, 6.07) is 1.55. The van der Waals surface area contributed by atoms with Crippen molar-refractivity contribution in [1.82, 2.24) is 10.2 Å². The molecule has 1 N–H and O–H groups in total. The first-order chi connectivity index (χ1) is 9.02. The van der Waals surface area contributed by atoms with Crippen LogP contribution in [0.15, 0.2) is 0 Å². The zero-order chi connectivity index (χ0) is 13.9. The predicted octanol–water partition coefficient (Wildman–Crippen LogP) is 3.67. The van der Waals surface area contributed by atoms with Gasteiger partial charge in [-0.15, -0.1) is 0 Å². The van der Waals surface area contributed by atoms with Crippen LogP contribution in [0.3, 0.4) is 0 Å². The van der Waals surface area contributed by atoms with Crippen molar-refractivity contribution >= 4 is 0 Å². The highest BCUT2D eigenvalue weighted by molar-refractivity contribution is 4.93. The molecule has 0 bridgehead atoms. The van der Waals surface area contributed by atoms with Gasteiger partial charge in [-0.2, -0.15) is 0 Å². The highest BCUT2D eigenvalue weighted by atomic mass is 15.2. The number of nitrogens with one attached hydrogen (secondary N) is 1.